The van der Waals surface area contributed by atoms with Crippen LogP contribution >= 0.6 is 0 Å². The maximum atomic E-state index is 12.6. The van der Waals surface area contributed by atoms with Gasteiger partial charge in [0.05, 0.1) is 17.9 Å². The van der Waals surface area contributed by atoms with Gasteiger partial charge in [-0.1, -0.05) is 18.2 Å². The molecule has 0 atom stereocenters. The molecule has 0 spiro atoms. The standard InChI is InChI=1S/C14H18N4O2S/c1-11-6-5-7-12(16-11)10-18(2)21(19,20)14-9-4-3-8-13(14)17-15/h3-9,17H,10,15H2,1-2H3. The van der Waals surface area contributed by atoms with Gasteiger partial charge in [-0.05, 0) is 31.2 Å². The highest BCUT2D eigenvalue weighted by atomic mass is 32.2. The SMILES string of the molecule is Cc1cccc(CN(C)S(=O)(=O)c2ccccc2NN)n1. The van der Waals surface area contributed by atoms with Crippen molar-refractivity contribution in [3.8, 4) is 0 Å². The Morgan fingerprint density at radius 3 is 2.57 bits per heavy atom. The third-order valence-corrected chi connectivity index (χ3v) is 4.92. The van der Waals surface area contributed by atoms with Crippen molar-refractivity contribution >= 4 is 15.7 Å². The number of nitrogens with zero attached hydrogens (tertiary/aromatic N) is 2. The van der Waals surface area contributed by atoms with E-state index in [2.05, 4.69) is 10.4 Å². The van der Waals surface area contributed by atoms with Crippen molar-refractivity contribution in [2.45, 2.75) is 18.4 Å². The zero-order chi connectivity index (χ0) is 15.5. The molecule has 0 amide bonds. The molecule has 0 saturated carbocycles. The highest BCUT2D eigenvalue weighted by Crippen LogP contribution is 2.23. The molecule has 0 fully saturated rings. The number of hydrogen-bond donors (Lipinski definition) is 2. The first-order chi connectivity index (χ1) is 9.95. The summed E-state index contributed by atoms with van der Waals surface area (Å²) in [6.07, 6.45) is 0. The first kappa shape index (κ1) is 15.4. The summed E-state index contributed by atoms with van der Waals surface area (Å²) in [5, 5.41) is 0. The van der Waals surface area contributed by atoms with Gasteiger partial charge >= 0.3 is 0 Å². The number of nitrogens with one attached hydrogen (secondary N) is 1. The molecule has 1 heterocycles. The minimum Gasteiger partial charge on any atom is -0.323 e. The number of hydrogen-bond acceptors (Lipinski definition) is 5. The Morgan fingerprint density at radius 2 is 1.90 bits per heavy atom. The van der Waals surface area contributed by atoms with Gasteiger partial charge in [-0.25, -0.2) is 8.42 Å². The maximum Gasteiger partial charge on any atom is 0.245 e. The Hall–Kier alpha value is -1.96. The number of rotatable bonds is 5. The Balaban J connectivity index is 2.31. The molecular formula is C14H18N4O2S. The number of pyridine rings is 1. The first-order valence-electron chi connectivity index (χ1n) is 6.39. The van der Waals surface area contributed by atoms with E-state index in [1.165, 1.54) is 17.4 Å². The van der Waals surface area contributed by atoms with E-state index in [1.54, 1.807) is 24.3 Å². The van der Waals surface area contributed by atoms with Crippen molar-refractivity contribution < 1.29 is 8.42 Å². The topological polar surface area (TPSA) is 88.3 Å². The van der Waals surface area contributed by atoms with Gasteiger partial charge in [0.15, 0.2) is 0 Å². The molecule has 2 aromatic rings. The first-order valence-corrected chi connectivity index (χ1v) is 7.83. The van der Waals surface area contributed by atoms with Gasteiger partial charge in [-0.3, -0.25) is 10.8 Å². The van der Waals surface area contributed by atoms with Crippen LogP contribution in [0.15, 0.2) is 47.4 Å². The predicted octanol–water partition coefficient (Wildman–Crippen LogP) is 1.50. The van der Waals surface area contributed by atoms with Crippen LogP contribution in [0.5, 0.6) is 0 Å². The minimum atomic E-state index is -3.64. The lowest BCUT2D eigenvalue weighted by atomic mass is 10.3. The van der Waals surface area contributed by atoms with Crippen LogP contribution in [0.4, 0.5) is 5.69 Å². The minimum absolute atomic E-state index is 0.141. The smallest absolute Gasteiger partial charge is 0.245 e. The molecule has 0 aliphatic rings. The van der Waals surface area contributed by atoms with Gasteiger partial charge < -0.3 is 5.43 Å². The summed E-state index contributed by atoms with van der Waals surface area (Å²) in [5.41, 5.74) is 4.31. The molecule has 7 heteroatoms. The Morgan fingerprint density at radius 1 is 1.19 bits per heavy atom. The third kappa shape index (κ3) is 3.38. The van der Waals surface area contributed by atoms with Gasteiger partial charge in [0.25, 0.3) is 0 Å². The molecule has 3 N–H and O–H groups in total. The number of anilines is 1. The van der Waals surface area contributed by atoms with E-state index in [4.69, 9.17) is 5.84 Å². The van der Waals surface area contributed by atoms with E-state index in [0.29, 0.717) is 11.4 Å². The molecule has 0 unspecified atom stereocenters. The number of aromatic nitrogens is 1. The van der Waals surface area contributed by atoms with Crippen molar-refractivity contribution in [1.29, 1.82) is 0 Å². The van der Waals surface area contributed by atoms with Gasteiger partial charge in [0.2, 0.25) is 10.0 Å². The monoisotopic (exact) mass is 306 g/mol. The Bertz CT molecular complexity index is 731. The lowest BCUT2D eigenvalue weighted by Gasteiger charge is -2.18. The van der Waals surface area contributed by atoms with Crippen LogP contribution in [-0.2, 0) is 16.6 Å². The number of nitrogens with two attached hydrogens (primary N) is 1. The van der Waals surface area contributed by atoms with Gasteiger partial charge in [-0.15, -0.1) is 0 Å². The van der Waals surface area contributed by atoms with Crippen molar-refractivity contribution in [3.05, 3.63) is 53.9 Å². The summed E-state index contributed by atoms with van der Waals surface area (Å²) in [5.74, 6) is 5.37. The lowest BCUT2D eigenvalue weighted by molar-refractivity contribution is 0.462. The van der Waals surface area contributed by atoms with Crippen LogP contribution in [0.1, 0.15) is 11.4 Å². The molecule has 1 aromatic carbocycles. The summed E-state index contributed by atoms with van der Waals surface area (Å²) < 4.78 is 26.5. The van der Waals surface area contributed by atoms with E-state index >= 15 is 0 Å². The predicted molar refractivity (Wildman–Crippen MR) is 81.9 cm³/mol. The van der Waals surface area contributed by atoms with Crippen molar-refractivity contribution in [1.82, 2.24) is 9.29 Å². The molecule has 112 valence electrons. The number of benzene rings is 1. The van der Waals surface area contributed by atoms with E-state index in [1.807, 2.05) is 19.1 Å². The molecule has 2 rings (SSSR count). The molecule has 21 heavy (non-hydrogen) atoms. The van der Waals surface area contributed by atoms with Crippen molar-refractivity contribution in [2.24, 2.45) is 5.84 Å². The summed E-state index contributed by atoms with van der Waals surface area (Å²) in [4.78, 5) is 4.46. The van der Waals surface area contributed by atoms with Crippen LogP contribution in [-0.4, -0.2) is 24.8 Å². The average molecular weight is 306 g/mol. The van der Waals surface area contributed by atoms with E-state index in [9.17, 15) is 8.42 Å². The number of para-hydroxylation sites is 1. The fourth-order valence-electron chi connectivity index (χ4n) is 1.98. The van der Waals surface area contributed by atoms with Crippen LogP contribution in [0, 0.1) is 6.92 Å². The molecule has 6 nitrogen and oxygen atoms in total. The molecule has 0 aliphatic heterocycles. The van der Waals surface area contributed by atoms with Gasteiger partial charge in [-0.2, -0.15) is 4.31 Å². The fraction of sp³-hybridized carbons (Fsp3) is 0.214. The van der Waals surface area contributed by atoms with Gasteiger partial charge in [0, 0.05) is 12.7 Å². The van der Waals surface area contributed by atoms with E-state index in [-0.39, 0.29) is 11.4 Å². The number of nitrogen functional groups attached to an aromatic ring is 1. The summed E-state index contributed by atoms with van der Waals surface area (Å²) in [6.45, 7) is 2.06. The fourth-order valence-corrected chi connectivity index (χ4v) is 3.27. The normalized spacial score (nSPS) is 11.6. The van der Waals surface area contributed by atoms with Crippen LogP contribution < -0.4 is 11.3 Å². The van der Waals surface area contributed by atoms with Crippen molar-refractivity contribution in [3.63, 3.8) is 0 Å². The second-order valence-corrected chi connectivity index (χ2v) is 6.69. The largest absolute Gasteiger partial charge is 0.323 e. The van der Waals surface area contributed by atoms with Crippen LogP contribution in [0.3, 0.4) is 0 Å². The second kappa shape index (κ2) is 6.21. The Labute approximate surface area is 124 Å². The molecule has 0 radical (unpaired) electrons. The average Bonchev–Trinajstić information content (AvgIpc) is 2.47. The molecule has 0 aliphatic carbocycles. The zero-order valence-corrected chi connectivity index (χ0v) is 12.8. The van der Waals surface area contributed by atoms with Crippen LogP contribution in [0.25, 0.3) is 0 Å². The summed E-state index contributed by atoms with van der Waals surface area (Å²) in [7, 11) is -2.12. The molecule has 1 aromatic heterocycles. The van der Waals surface area contributed by atoms with Gasteiger partial charge in [0.1, 0.15) is 4.90 Å². The molecular weight excluding hydrogens is 288 g/mol. The highest BCUT2D eigenvalue weighted by molar-refractivity contribution is 7.89. The molecule has 0 bridgehead atoms. The maximum absolute atomic E-state index is 12.6. The second-order valence-electron chi connectivity index (χ2n) is 4.67. The number of hydrazine groups is 1. The van der Waals surface area contributed by atoms with Crippen LogP contribution in [0.2, 0.25) is 0 Å². The number of aryl methyl sites for hydroxylation is 1. The Kier molecular flexibility index (Phi) is 4.56. The summed E-state index contributed by atoms with van der Waals surface area (Å²) >= 11 is 0. The van der Waals surface area contributed by atoms with E-state index < -0.39 is 10.0 Å². The summed E-state index contributed by atoms with van der Waals surface area (Å²) in [6, 6.07) is 12.0. The molecule has 0 saturated heterocycles. The van der Waals surface area contributed by atoms with Crippen molar-refractivity contribution in [2.75, 3.05) is 12.5 Å². The quantitative estimate of drug-likeness (QED) is 0.645. The van der Waals surface area contributed by atoms with E-state index in [0.717, 1.165) is 5.69 Å². The highest BCUT2D eigenvalue weighted by Gasteiger charge is 2.24. The number of sulfonamides is 1. The lowest BCUT2D eigenvalue weighted by Crippen LogP contribution is -2.28. The third-order valence-electron chi connectivity index (χ3n) is 3.06. The zero-order valence-electron chi connectivity index (χ0n) is 11.9.